The lowest BCUT2D eigenvalue weighted by atomic mass is 10.0. The van der Waals surface area contributed by atoms with Crippen LogP contribution in [-0.4, -0.2) is 57.2 Å². The largest absolute Gasteiger partial charge is 0.455 e. The van der Waals surface area contributed by atoms with Crippen LogP contribution in [0, 0.1) is 0 Å². The number of β-lactam (4-membered cyclic amide) rings is 1. The van der Waals surface area contributed by atoms with Crippen LogP contribution in [0.25, 0.3) is 0 Å². The van der Waals surface area contributed by atoms with Gasteiger partial charge in [0.1, 0.15) is 22.7 Å². The first-order valence-corrected chi connectivity index (χ1v) is 10.5. The summed E-state index contributed by atoms with van der Waals surface area (Å²) in [6, 6.07) is 3.06. The molecule has 3 rings (SSSR count). The Morgan fingerprint density at radius 2 is 2.15 bits per heavy atom. The number of aliphatic hydroxyl groups is 1. The van der Waals surface area contributed by atoms with Gasteiger partial charge in [-0.1, -0.05) is 6.07 Å². The van der Waals surface area contributed by atoms with Crippen molar-refractivity contribution in [1.82, 2.24) is 10.2 Å². The standard InChI is InChI=1S/C18H22N2O5S2/c1-18(2,3)25-17(24)14-10(8-21)9-27-16-13(15(23)20(14)16)19-12(22)7-11-5-4-6-26-11/h4-6,13,16,21H,7-9H2,1-3H3,(H,19,22)/t13-,16-/m0/s1. The van der Waals surface area contributed by atoms with Crippen molar-refractivity contribution in [2.45, 2.75) is 44.2 Å². The molecule has 0 radical (unpaired) electrons. The molecule has 0 aliphatic carbocycles. The van der Waals surface area contributed by atoms with Crippen LogP contribution >= 0.6 is 23.1 Å². The molecule has 2 atom stereocenters. The molecule has 0 saturated carbocycles. The van der Waals surface area contributed by atoms with Gasteiger partial charge in [-0.2, -0.15) is 0 Å². The zero-order valence-corrected chi connectivity index (χ0v) is 17.0. The van der Waals surface area contributed by atoms with E-state index in [1.165, 1.54) is 28.0 Å². The maximum atomic E-state index is 12.7. The van der Waals surface area contributed by atoms with E-state index < -0.39 is 17.6 Å². The van der Waals surface area contributed by atoms with E-state index in [4.69, 9.17) is 4.74 Å². The predicted molar refractivity (Wildman–Crippen MR) is 103 cm³/mol. The first-order chi connectivity index (χ1) is 12.7. The van der Waals surface area contributed by atoms with E-state index in [1.54, 1.807) is 20.8 Å². The minimum absolute atomic E-state index is 0.102. The average molecular weight is 411 g/mol. The summed E-state index contributed by atoms with van der Waals surface area (Å²) >= 11 is 2.90. The summed E-state index contributed by atoms with van der Waals surface area (Å²) in [4.78, 5) is 39.7. The Bertz CT molecular complexity index is 782. The first-order valence-electron chi connectivity index (χ1n) is 8.54. The van der Waals surface area contributed by atoms with Gasteiger partial charge in [0.05, 0.1) is 13.0 Å². The Kier molecular flexibility index (Phi) is 5.64. The molecule has 0 aromatic carbocycles. The van der Waals surface area contributed by atoms with Crippen molar-refractivity contribution < 1.29 is 24.2 Å². The molecule has 1 saturated heterocycles. The molecule has 9 heteroatoms. The Labute approximate surface area is 165 Å². The molecule has 1 aromatic heterocycles. The van der Waals surface area contributed by atoms with Crippen molar-refractivity contribution in [3.8, 4) is 0 Å². The zero-order chi connectivity index (χ0) is 19.8. The van der Waals surface area contributed by atoms with Crippen molar-refractivity contribution in [3.05, 3.63) is 33.7 Å². The number of thioether (sulfide) groups is 1. The second-order valence-corrected chi connectivity index (χ2v) is 9.46. The molecule has 1 fully saturated rings. The predicted octanol–water partition coefficient (Wildman–Crippen LogP) is 1.28. The zero-order valence-electron chi connectivity index (χ0n) is 15.4. The molecule has 2 aliphatic rings. The van der Waals surface area contributed by atoms with Crippen molar-refractivity contribution in [1.29, 1.82) is 0 Å². The molecule has 2 N–H and O–H groups in total. The SMILES string of the molecule is CC(C)(C)OC(=O)C1=C(CO)CS[C@H]2[C@@H](NC(=O)Cc3cccs3)C(=O)N12. The maximum absolute atomic E-state index is 12.7. The van der Waals surface area contributed by atoms with Crippen LogP contribution in [0.1, 0.15) is 25.6 Å². The highest BCUT2D eigenvalue weighted by molar-refractivity contribution is 8.00. The van der Waals surface area contributed by atoms with E-state index in [0.717, 1.165) is 4.88 Å². The van der Waals surface area contributed by atoms with Gasteiger partial charge in [0.2, 0.25) is 5.91 Å². The van der Waals surface area contributed by atoms with Crippen LogP contribution in [0.15, 0.2) is 28.8 Å². The quantitative estimate of drug-likeness (QED) is 0.561. The van der Waals surface area contributed by atoms with E-state index in [1.807, 2.05) is 17.5 Å². The van der Waals surface area contributed by atoms with E-state index >= 15 is 0 Å². The van der Waals surface area contributed by atoms with E-state index in [-0.39, 0.29) is 35.9 Å². The number of hydrogen-bond acceptors (Lipinski definition) is 7. The van der Waals surface area contributed by atoms with Gasteiger partial charge >= 0.3 is 5.97 Å². The fraction of sp³-hybridized carbons (Fsp3) is 0.500. The smallest absolute Gasteiger partial charge is 0.355 e. The number of esters is 1. The highest BCUT2D eigenvalue weighted by Crippen LogP contribution is 2.40. The number of amides is 2. The van der Waals surface area contributed by atoms with Crippen molar-refractivity contribution >= 4 is 40.9 Å². The van der Waals surface area contributed by atoms with Crippen molar-refractivity contribution in [3.63, 3.8) is 0 Å². The fourth-order valence-corrected chi connectivity index (χ4v) is 4.95. The third-order valence-electron chi connectivity index (χ3n) is 4.06. The second-order valence-electron chi connectivity index (χ2n) is 7.32. The lowest BCUT2D eigenvalue weighted by Gasteiger charge is -2.49. The average Bonchev–Trinajstić information content (AvgIpc) is 3.09. The third kappa shape index (κ3) is 4.20. The number of rotatable bonds is 5. The molecular formula is C18H22N2O5S2. The summed E-state index contributed by atoms with van der Waals surface area (Å²) in [5, 5.41) is 13.9. The molecule has 2 aliphatic heterocycles. The second kappa shape index (κ2) is 7.65. The summed E-state index contributed by atoms with van der Waals surface area (Å²) in [7, 11) is 0. The number of aliphatic hydroxyl groups excluding tert-OH is 1. The summed E-state index contributed by atoms with van der Waals surface area (Å²) in [6.07, 6.45) is 0.218. The highest BCUT2D eigenvalue weighted by Gasteiger charge is 2.54. The van der Waals surface area contributed by atoms with Crippen LogP contribution in [0.2, 0.25) is 0 Å². The number of carbonyl (C=O) groups is 3. The van der Waals surface area contributed by atoms with Gasteiger partial charge in [0, 0.05) is 10.6 Å². The number of fused-ring (bicyclic) bond motifs is 1. The molecular weight excluding hydrogens is 388 g/mol. The molecule has 1 aromatic rings. The topological polar surface area (TPSA) is 95.9 Å². The normalized spacial score (nSPS) is 22.2. The maximum Gasteiger partial charge on any atom is 0.355 e. The lowest BCUT2D eigenvalue weighted by Crippen LogP contribution is -2.70. The molecule has 146 valence electrons. The lowest BCUT2D eigenvalue weighted by molar-refractivity contribution is -0.159. The van der Waals surface area contributed by atoms with Crippen LogP contribution in [0.3, 0.4) is 0 Å². The van der Waals surface area contributed by atoms with Gasteiger partial charge in [-0.3, -0.25) is 14.5 Å². The van der Waals surface area contributed by atoms with E-state index in [2.05, 4.69) is 5.32 Å². The number of nitrogens with zero attached hydrogens (tertiary/aromatic N) is 1. The minimum atomic E-state index is -0.715. The van der Waals surface area contributed by atoms with Crippen molar-refractivity contribution in [2.24, 2.45) is 0 Å². The monoisotopic (exact) mass is 410 g/mol. The fourth-order valence-electron chi connectivity index (χ4n) is 2.92. The molecule has 2 amide bonds. The number of thiophene rings is 1. The van der Waals surface area contributed by atoms with Gasteiger partial charge in [-0.15, -0.1) is 23.1 Å². The molecule has 3 heterocycles. The van der Waals surface area contributed by atoms with E-state index in [0.29, 0.717) is 11.3 Å². The Morgan fingerprint density at radius 3 is 2.74 bits per heavy atom. The van der Waals surface area contributed by atoms with Gasteiger partial charge in [0.25, 0.3) is 5.91 Å². The van der Waals surface area contributed by atoms with Crippen LogP contribution < -0.4 is 5.32 Å². The van der Waals surface area contributed by atoms with Gasteiger partial charge in [-0.05, 0) is 37.8 Å². The Hall–Kier alpha value is -1.84. The molecule has 0 unspecified atom stereocenters. The number of hydrogen-bond donors (Lipinski definition) is 2. The molecule has 0 bridgehead atoms. The summed E-state index contributed by atoms with van der Waals surface area (Å²) < 4.78 is 5.40. The first kappa shape index (κ1) is 19.9. The Balaban J connectivity index is 1.72. The minimum Gasteiger partial charge on any atom is -0.455 e. The Morgan fingerprint density at radius 1 is 1.41 bits per heavy atom. The summed E-state index contributed by atoms with van der Waals surface area (Å²) in [5.41, 5.74) is -0.153. The van der Waals surface area contributed by atoms with E-state index in [9.17, 15) is 19.5 Å². The molecule has 27 heavy (non-hydrogen) atoms. The molecule has 7 nitrogen and oxygen atoms in total. The molecule has 0 spiro atoms. The van der Waals surface area contributed by atoms with Crippen LogP contribution in [0.4, 0.5) is 0 Å². The highest BCUT2D eigenvalue weighted by atomic mass is 32.2. The third-order valence-corrected chi connectivity index (χ3v) is 6.28. The van der Waals surface area contributed by atoms with Gasteiger partial charge in [0.15, 0.2) is 0 Å². The number of carbonyl (C=O) groups excluding carboxylic acids is 3. The summed E-state index contributed by atoms with van der Waals surface area (Å²) in [5.74, 6) is -0.824. The van der Waals surface area contributed by atoms with Gasteiger partial charge in [-0.25, -0.2) is 4.79 Å². The van der Waals surface area contributed by atoms with Crippen molar-refractivity contribution in [2.75, 3.05) is 12.4 Å². The van der Waals surface area contributed by atoms with Crippen LogP contribution in [0.5, 0.6) is 0 Å². The number of nitrogens with one attached hydrogen (secondary N) is 1. The number of ether oxygens (including phenoxy) is 1. The van der Waals surface area contributed by atoms with Gasteiger partial charge < -0.3 is 15.2 Å². The van der Waals surface area contributed by atoms with Crippen LogP contribution in [-0.2, 0) is 25.5 Å². The summed E-state index contributed by atoms with van der Waals surface area (Å²) in [6.45, 7) is 4.90.